The fourth-order valence-corrected chi connectivity index (χ4v) is 1.02. The van der Waals surface area contributed by atoms with Gasteiger partial charge in [0.1, 0.15) is 0 Å². The summed E-state index contributed by atoms with van der Waals surface area (Å²) in [6, 6.07) is 4.72. The first-order valence-electron chi connectivity index (χ1n) is 3.66. The van der Waals surface area contributed by atoms with Gasteiger partial charge in [-0.15, -0.1) is 0 Å². The van der Waals surface area contributed by atoms with Crippen molar-refractivity contribution in [3.05, 3.63) is 23.3 Å². The smallest absolute Gasteiger partial charge is 0.161 e. The molecule has 0 atom stereocenters. The number of hydrogen-bond donors (Lipinski definition) is 2. The fourth-order valence-electron chi connectivity index (χ4n) is 1.02. The van der Waals surface area contributed by atoms with Crippen LogP contribution in [0, 0.1) is 11.3 Å². The average Bonchev–Trinajstić information content (AvgIpc) is 2.08. The summed E-state index contributed by atoms with van der Waals surface area (Å²) in [6.07, 6.45) is 0. The second-order valence-electron chi connectivity index (χ2n) is 2.69. The highest BCUT2D eigenvalue weighted by Crippen LogP contribution is 2.20. The number of anilines is 2. The summed E-state index contributed by atoms with van der Waals surface area (Å²) in [6.45, 7) is 1.38. The van der Waals surface area contributed by atoms with E-state index >= 15 is 0 Å². The zero-order chi connectivity index (χ0) is 10.0. The second kappa shape index (κ2) is 3.15. The number of rotatable bonds is 1. The van der Waals surface area contributed by atoms with Crippen LogP contribution in [0.4, 0.5) is 11.4 Å². The summed E-state index contributed by atoms with van der Waals surface area (Å²) in [4.78, 5) is 11.0. The van der Waals surface area contributed by atoms with E-state index in [0.717, 1.165) is 0 Å². The zero-order valence-corrected chi connectivity index (χ0v) is 7.16. The molecule has 0 bridgehead atoms. The molecule has 0 fully saturated rings. The van der Waals surface area contributed by atoms with Gasteiger partial charge < -0.3 is 11.5 Å². The minimum Gasteiger partial charge on any atom is -0.397 e. The van der Waals surface area contributed by atoms with Crippen LogP contribution in [0.15, 0.2) is 12.1 Å². The molecule has 0 radical (unpaired) electrons. The molecule has 13 heavy (non-hydrogen) atoms. The van der Waals surface area contributed by atoms with E-state index in [0.29, 0.717) is 16.9 Å². The van der Waals surface area contributed by atoms with Gasteiger partial charge in [0.2, 0.25) is 0 Å². The van der Waals surface area contributed by atoms with Gasteiger partial charge in [-0.1, -0.05) is 0 Å². The van der Waals surface area contributed by atoms with E-state index in [-0.39, 0.29) is 11.3 Å². The van der Waals surface area contributed by atoms with Crippen molar-refractivity contribution in [2.75, 3.05) is 11.5 Å². The molecule has 4 heteroatoms. The van der Waals surface area contributed by atoms with Crippen LogP contribution in [0.2, 0.25) is 0 Å². The third-order valence-corrected chi connectivity index (χ3v) is 1.72. The van der Waals surface area contributed by atoms with Crippen molar-refractivity contribution in [3.63, 3.8) is 0 Å². The molecule has 0 aliphatic rings. The van der Waals surface area contributed by atoms with Gasteiger partial charge in [-0.2, -0.15) is 5.26 Å². The highest BCUT2D eigenvalue weighted by atomic mass is 16.1. The van der Waals surface area contributed by atoms with E-state index in [1.54, 1.807) is 0 Å². The molecule has 0 amide bonds. The van der Waals surface area contributed by atoms with Crippen LogP contribution in [0.3, 0.4) is 0 Å². The van der Waals surface area contributed by atoms with E-state index in [1.807, 2.05) is 6.07 Å². The quantitative estimate of drug-likeness (QED) is 0.490. The maximum atomic E-state index is 11.0. The normalized spacial score (nSPS) is 9.23. The molecule has 1 aromatic carbocycles. The maximum Gasteiger partial charge on any atom is 0.161 e. The summed E-state index contributed by atoms with van der Waals surface area (Å²) < 4.78 is 0. The highest BCUT2D eigenvalue weighted by molar-refractivity contribution is 5.98. The van der Waals surface area contributed by atoms with Crippen molar-refractivity contribution in [3.8, 4) is 6.07 Å². The number of ketones is 1. The summed E-state index contributed by atoms with van der Waals surface area (Å²) in [7, 11) is 0. The number of carbonyl (C=O) groups excluding carboxylic acids is 1. The Morgan fingerprint density at radius 1 is 1.38 bits per heavy atom. The van der Waals surface area contributed by atoms with Gasteiger partial charge in [0.15, 0.2) is 5.78 Å². The number of Topliss-reactive ketones (excluding diaryl/α,β-unsaturated/α-hetero) is 1. The van der Waals surface area contributed by atoms with Gasteiger partial charge in [-0.3, -0.25) is 4.79 Å². The molecule has 1 rings (SSSR count). The number of nitrogens with two attached hydrogens (primary N) is 2. The Morgan fingerprint density at radius 3 is 2.38 bits per heavy atom. The zero-order valence-electron chi connectivity index (χ0n) is 7.16. The first-order valence-corrected chi connectivity index (χ1v) is 3.66. The third-order valence-electron chi connectivity index (χ3n) is 1.72. The van der Waals surface area contributed by atoms with Crippen LogP contribution in [0.5, 0.6) is 0 Å². The van der Waals surface area contributed by atoms with Gasteiger partial charge in [0.25, 0.3) is 0 Å². The lowest BCUT2D eigenvalue weighted by Gasteiger charge is -2.04. The average molecular weight is 175 g/mol. The molecule has 4 N–H and O–H groups in total. The minimum absolute atomic E-state index is 0.191. The summed E-state index contributed by atoms with van der Waals surface area (Å²) in [5, 5.41) is 8.68. The number of carbonyl (C=O) groups is 1. The summed E-state index contributed by atoms with van der Waals surface area (Å²) >= 11 is 0. The van der Waals surface area contributed by atoms with Gasteiger partial charge in [0, 0.05) is 5.56 Å². The van der Waals surface area contributed by atoms with Crippen LogP contribution in [-0.4, -0.2) is 5.78 Å². The van der Waals surface area contributed by atoms with Crippen molar-refractivity contribution >= 4 is 17.2 Å². The lowest BCUT2D eigenvalue weighted by molar-refractivity contribution is 0.101. The molecule has 66 valence electrons. The monoisotopic (exact) mass is 175 g/mol. The Hall–Kier alpha value is -2.02. The Morgan fingerprint density at radius 2 is 1.92 bits per heavy atom. The van der Waals surface area contributed by atoms with Crippen LogP contribution in [0.25, 0.3) is 0 Å². The number of hydrogen-bond acceptors (Lipinski definition) is 4. The van der Waals surface area contributed by atoms with Crippen molar-refractivity contribution in [2.45, 2.75) is 6.92 Å². The largest absolute Gasteiger partial charge is 0.397 e. The van der Waals surface area contributed by atoms with E-state index in [2.05, 4.69) is 0 Å². The number of nitrogen functional groups attached to an aromatic ring is 2. The molecular formula is C9H9N3O. The maximum absolute atomic E-state index is 11.0. The summed E-state index contributed by atoms with van der Waals surface area (Å²) in [5.41, 5.74) is 12.2. The van der Waals surface area contributed by atoms with Crippen LogP contribution >= 0.6 is 0 Å². The third kappa shape index (κ3) is 1.59. The van der Waals surface area contributed by atoms with Gasteiger partial charge in [0.05, 0.1) is 23.0 Å². The predicted molar refractivity (Wildman–Crippen MR) is 50.0 cm³/mol. The Balaban J connectivity index is 3.44. The second-order valence-corrected chi connectivity index (χ2v) is 2.69. The van der Waals surface area contributed by atoms with E-state index in [4.69, 9.17) is 16.7 Å². The van der Waals surface area contributed by atoms with E-state index < -0.39 is 0 Å². The molecule has 0 spiro atoms. The molecule has 0 heterocycles. The Bertz CT molecular complexity index is 404. The summed E-state index contributed by atoms with van der Waals surface area (Å²) in [5.74, 6) is -0.191. The van der Waals surface area contributed by atoms with Crippen LogP contribution in [-0.2, 0) is 0 Å². The molecule has 4 nitrogen and oxygen atoms in total. The Labute approximate surface area is 75.8 Å². The van der Waals surface area contributed by atoms with Crippen LogP contribution in [0.1, 0.15) is 22.8 Å². The van der Waals surface area contributed by atoms with Crippen molar-refractivity contribution in [1.82, 2.24) is 0 Å². The predicted octanol–water partition coefficient (Wildman–Crippen LogP) is 0.925. The minimum atomic E-state index is -0.191. The molecule has 0 saturated carbocycles. The topological polar surface area (TPSA) is 92.9 Å². The van der Waals surface area contributed by atoms with Gasteiger partial charge in [-0.25, -0.2) is 0 Å². The van der Waals surface area contributed by atoms with Gasteiger partial charge in [-0.05, 0) is 19.1 Å². The molecular weight excluding hydrogens is 166 g/mol. The Kier molecular flexibility index (Phi) is 2.20. The van der Waals surface area contributed by atoms with E-state index in [9.17, 15) is 4.79 Å². The van der Waals surface area contributed by atoms with Crippen LogP contribution < -0.4 is 11.5 Å². The lowest BCUT2D eigenvalue weighted by Crippen LogP contribution is -2.02. The fraction of sp³-hybridized carbons (Fsp3) is 0.111. The molecule has 0 aromatic heterocycles. The lowest BCUT2D eigenvalue weighted by atomic mass is 10.0. The molecule has 1 aromatic rings. The SMILES string of the molecule is CC(=O)c1cc(N)c(N)cc1C#N. The van der Waals surface area contributed by atoms with E-state index in [1.165, 1.54) is 19.1 Å². The first-order chi connectivity index (χ1) is 6.06. The molecule has 0 aliphatic carbocycles. The number of benzene rings is 1. The first kappa shape index (κ1) is 9.07. The number of nitrogens with zero attached hydrogens (tertiary/aromatic N) is 1. The van der Waals surface area contributed by atoms with Crippen molar-refractivity contribution in [2.24, 2.45) is 0 Å². The molecule has 0 unspecified atom stereocenters. The molecule has 0 aliphatic heterocycles. The number of nitriles is 1. The standard InChI is InChI=1S/C9H9N3O/c1-5(13)7-3-9(12)8(11)2-6(7)4-10/h2-3H,11-12H2,1H3. The van der Waals surface area contributed by atoms with Crippen molar-refractivity contribution < 1.29 is 4.79 Å². The highest BCUT2D eigenvalue weighted by Gasteiger charge is 2.09. The molecule has 0 saturated heterocycles. The van der Waals surface area contributed by atoms with Gasteiger partial charge >= 0.3 is 0 Å². The van der Waals surface area contributed by atoms with Crippen molar-refractivity contribution in [1.29, 1.82) is 5.26 Å².